The van der Waals surface area contributed by atoms with Crippen LogP contribution in [-0.2, 0) is 11.3 Å². The zero-order valence-electron chi connectivity index (χ0n) is 11.9. The Morgan fingerprint density at radius 3 is 2.86 bits per heavy atom. The number of aryl methyl sites for hydroxylation is 1. The first-order chi connectivity index (χ1) is 10.5. The molecule has 1 aliphatic rings. The van der Waals surface area contributed by atoms with Gasteiger partial charge in [0.25, 0.3) is 5.56 Å². The second-order valence-electron chi connectivity index (χ2n) is 5.14. The Labute approximate surface area is 140 Å². The van der Waals surface area contributed by atoms with Crippen molar-refractivity contribution in [3.63, 3.8) is 0 Å². The number of amides is 1. The minimum absolute atomic E-state index is 0.0707. The molecule has 0 aliphatic carbocycles. The summed E-state index contributed by atoms with van der Waals surface area (Å²) in [5.41, 5.74) is 1.27. The Balaban J connectivity index is 1.76. The molecule has 22 heavy (non-hydrogen) atoms. The van der Waals surface area contributed by atoms with Gasteiger partial charge in [0, 0.05) is 34.2 Å². The lowest BCUT2D eigenvalue weighted by molar-refractivity contribution is -0.119. The van der Waals surface area contributed by atoms with Gasteiger partial charge in [-0.3, -0.25) is 14.2 Å². The summed E-state index contributed by atoms with van der Waals surface area (Å²) in [4.78, 5) is 28.8. The van der Waals surface area contributed by atoms with Crippen LogP contribution in [0.15, 0.2) is 44.9 Å². The summed E-state index contributed by atoms with van der Waals surface area (Å²) in [6.45, 7) is 2.11. The summed E-state index contributed by atoms with van der Waals surface area (Å²) in [5, 5.41) is 3.58. The fourth-order valence-electron chi connectivity index (χ4n) is 2.24. The van der Waals surface area contributed by atoms with E-state index in [2.05, 4.69) is 26.2 Å². The van der Waals surface area contributed by atoms with Gasteiger partial charge < -0.3 is 5.32 Å². The molecule has 1 aliphatic heterocycles. The number of hydrogen-bond donors (Lipinski definition) is 1. The van der Waals surface area contributed by atoms with Crippen molar-refractivity contribution in [1.29, 1.82) is 0 Å². The number of benzene rings is 1. The van der Waals surface area contributed by atoms with E-state index in [1.807, 2.05) is 24.3 Å². The van der Waals surface area contributed by atoms with Crippen molar-refractivity contribution in [2.75, 3.05) is 11.1 Å². The van der Waals surface area contributed by atoms with Crippen molar-refractivity contribution < 1.29 is 4.79 Å². The van der Waals surface area contributed by atoms with E-state index >= 15 is 0 Å². The van der Waals surface area contributed by atoms with E-state index in [0.717, 1.165) is 10.2 Å². The van der Waals surface area contributed by atoms with E-state index in [9.17, 15) is 9.59 Å². The zero-order chi connectivity index (χ0) is 15.7. The summed E-state index contributed by atoms with van der Waals surface area (Å²) in [6.07, 6.45) is 1.59. The molecule has 0 spiro atoms. The molecule has 7 heteroatoms. The average Bonchev–Trinajstić information content (AvgIpc) is 2.53. The zero-order valence-corrected chi connectivity index (χ0v) is 14.3. The van der Waals surface area contributed by atoms with E-state index < -0.39 is 0 Å². The van der Waals surface area contributed by atoms with Crippen LogP contribution in [0, 0.1) is 12.8 Å². The molecule has 2 heterocycles. The molecule has 0 radical (unpaired) electrons. The van der Waals surface area contributed by atoms with Crippen molar-refractivity contribution in [1.82, 2.24) is 9.55 Å². The van der Waals surface area contributed by atoms with Crippen molar-refractivity contribution >= 4 is 39.3 Å². The number of halogens is 1. The van der Waals surface area contributed by atoms with Crippen LogP contribution in [0.1, 0.15) is 5.56 Å². The highest BCUT2D eigenvalue weighted by Gasteiger charge is 2.27. The summed E-state index contributed by atoms with van der Waals surface area (Å²) in [5.74, 6) is 0.300. The Bertz CT molecular complexity index is 773. The number of nitrogens with zero attached hydrogens (tertiary/aromatic N) is 2. The summed E-state index contributed by atoms with van der Waals surface area (Å²) in [7, 11) is 0. The first kappa shape index (κ1) is 15.3. The number of nitrogens with one attached hydrogen (secondary N) is 1. The SMILES string of the molecule is Cc1cnc2n(c1=O)CC(C(=O)Nc1ccc(Br)cc1)CS2. The highest BCUT2D eigenvalue weighted by atomic mass is 79.9. The number of rotatable bonds is 2. The van der Waals surface area contributed by atoms with Gasteiger partial charge in [-0.15, -0.1) is 0 Å². The Hall–Kier alpha value is -1.60. The van der Waals surface area contributed by atoms with Gasteiger partial charge >= 0.3 is 0 Å². The average molecular weight is 380 g/mol. The van der Waals surface area contributed by atoms with Gasteiger partial charge in [-0.1, -0.05) is 27.7 Å². The molecule has 3 rings (SSSR count). The topological polar surface area (TPSA) is 64.0 Å². The highest BCUT2D eigenvalue weighted by Crippen LogP contribution is 2.26. The van der Waals surface area contributed by atoms with Gasteiger partial charge in [0.05, 0.1) is 5.92 Å². The molecule has 0 fully saturated rings. The van der Waals surface area contributed by atoms with Crippen LogP contribution in [0.3, 0.4) is 0 Å². The molecule has 114 valence electrons. The third kappa shape index (κ3) is 3.10. The smallest absolute Gasteiger partial charge is 0.257 e. The third-order valence-corrected chi connectivity index (χ3v) is 5.16. The molecule has 1 aromatic carbocycles. The predicted octanol–water partition coefficient (Wildman–Crippen LogP) is 2.67. The molecule has 1 unspecified atom stereocenters. The Morgan fingerprint density at radius 1 is 1.41 bits per heavy atom. The fraction of sp³-hybridized carbons (Fsp3) is 0.267. The quantitative estimate of drug-likeness (QED) is 0.814. The van der Waals surface area contributed by atoms with Crippen LogP contribution in [0.2, 0.25) is 0 Å². The van der Waals surface area contributed by atoms with Gasteiger partial charge in [0.15, 0.2) is 5.16 Å². The normalized spacial score (nSPS) is 16.9. The summed E-state index contributed by atoms with van der Waals surface area (Å²) in [6, 6.07) is 7.42. The lowest BCUT2D eigenvalue weighted by Gasteiger charge is -2.24. The second kappa shape index (κ2) is 6.26. The van der Waals surface area contributed by atoms with Gasteiger partial charge in [0.1, 0.15) is 0 Å². The minimum atomic E-state index is -0.248. The maximum atomic E-state index is 12.4. The summed E-state index contributed by atoms with van der Waals surface area (Å²) >= 11 is 4.80. The molecule has 2 aromatic rings. The van der Waals surface area contributed by atoms with E-state index in [1.165, 1.54) is 11.8 Å². The second-order valence-corrected chi connectivity index (χ2v) is 7.05. The van der Waals surface area contributed by atoms with E-state index in [0.29, 0.717) is 23.0 Å². The third-order valence-electron chi connectivity index (χ3n) is 3.48. The first-order valence-electron chi connectivity index (χ1n) is 6.80. The predicted molar refractivity (Wildman–Crippen MR) is 90.2 cm³/mol. The maximum Gasteiger partial charge on any atom is 0.257 e. The van der Waals surface area contributed by atoms with Crippen LogP contribution in [0.5, 0.6) is 0 Å². The Morgan fingerprint density at radius 2 is 2.14 bits per heavy atom. The van der Waals surface area contributed by atoms with Crippen LogP contribution in [0.4, 0.5) is 5.69 Å². The van der Waals surface area contributed by atoms with Crippen molar-refractivity contribution in [3.05, 3.63) is 50.9 Å². The van der Waals surface area contributed by atoms with Gasteiger partial charge in [0.2, 0.25) is 5.91 Å². The van der Waals surface area contributed by atoms with E-state index in [1.54, 1.807) is 17.7 Å². The molecule has 1 atom stereocenters. The van der Waals surface area contributed by atoms with Crippen LogP contribution in [-0.4, -0.2) is 21.2 Å². The molecular formula is C15H14BrN3O2S. The number of hydrogen-bond acceptors (Lipinski definition) is 4. The number of thioether (sulfide) groups is 1. The van der Waals surface area contributed by atoms with E-state index in [4.69, 9.17) is 0 Å². The molecule has 0 bridgehead atoms. The lowest BCUT2D eigenvalue weighted by atomic mass is 10.1. The Kier molecular flexibility index (Phi) is 4.35. The highest BCUT2D eigenvalue weighted by molar-refractivity contribution is 9.10. The molecule has 0 saturated carbocycles. The minimum Gasteiger partial charge on any atom is -0.326 e. The maximum absolute atomic E-state index is 12.4. The number of aromatic nitrogens is 2. The fourth-order valence-corrected chi connectivity index (χ4v) is 3.55. The number of carbonyl (C=O) groups is 1. The van der Waals surface area contributed by atoms with Crippen LogP contribution in [0.25, 0.3) is 0 Å². The largest absolute Gasteiger partial charge is 0.326 e. The number of anilines is 1. The molecule has 1 amide bonds. The molecule has 1 N–H and O–H groups in total. The lowest BCUT2D eigenvalue weighted by Crippen LogP contribution is -2.37. The van der Waals surface area contributed by atoms with Crippen molar-refractivity contribution in [3.8, 4) is 0 Å². The van der Waals surface area contributed by atoms with Crippen LogP contribution < -0.4 is 10.9 Å². The van der Waals surface area contributed by atoms with Crippen molar-refractivity contribution in [2.45, 2.75) is 18.6 Å². The van der Waals surface area contributed by atoms with Gasteiger partial charge in [-0.2, -0.15) is 0 Å². The summed E-state index contributed by atoms with van der Waals surface area (Å²) < 4.78 is 2.55. The molecular weight excluding hydrogens is 366 g/mol. The molecule has 0 saturated heterocycles. The first-order valence-corrected chi connectivity index (χ1v) is 8.58. The molecule has 5 nitrogen and oxygen atoms in total. The monoisotopic (exact) mass is 379 g/mol. The van der Waals surface area contributed by atoms with Crippen LogP contribution >= 0.6 is 27.7 Å². The van der Waals surface area contributed by atoms with Gasteiger partial charge in [-0.05, 0) is 31.2 Å². The standard InChI is InChI=1S/C15H14BrN3O2S/c1-9-6-17-15-19(14(9)21)7-10(8-22-15)13(20)18-12-4-2-11(16)3-5-12/h2-6,10H,7-8H2,1H3,(H,18,20). The van der Waals surface area contributed by atoms with E-state index in [-0.39, 0.29) is 17.4 Å². The number of carbonyl (C=O) groups excluding carboxylic acids is 1. The number of fused-ring (bicyclic) bond motifs is 1. The van der Waals surface area contributed by atoms with Gasteiger partial charge in [-0.25, -0.2) is 4.98 Å². The molecule has 1 aromatic heterocycles. The van der Waals surface area contributed by atoms with Crippen molar-refractivity contribution in [2.24, 2.45) is 5.92 Å².